The van der Waals surface area contributed by atoms with Crippen molar-refractivity contribution in [3.05, 3.63) is 11.8 Å². The van der Waals surface area contributed by atoms with Crippen molar-refractivity contribution in [2.24, 2.45) is 5.41 Å². The minimum atomic E-state index is -0.806. The quantitative estimate of drug-likeness (QED) is 0.654. The van der Waals surface area contributed by atoms with E-state index in [0.717, 1.165) is 0 Å². The van der Waals surface area contributed by atoms with Crippen molar-refractivity contribution in [1.29, 1.82) is 0 Å². The number of allylic oxidation sites excluding steroid dienone is 2. The van der Waals surface area contributed by atoms with Gasteiger partial charge in [0.15, 0.2) is 5.78 Å². The average Bonchev–Trinajstić information content (AvgIpc) is 2.05. The zero-order chi connectivity index (χ0) is 10.1. The maximum atomic E-state index is 11.7. The fourth-order valence-electron chi connectivity index (χ4n) is 1.70. The van der Waals surface area contributed by atoms with E-state index in [2.05, 4.69) is 5.32 Å². The predicted molar refractivity (Wildman–Crippen MR) is 49.9 cm³/mol. The molecule has 0 saturated heterocycles. The Bertz CT molecular complexity index is 275. The van der Waals surface area contributed by atoms with Gasteiger partial charge in [-0.3, -0.25) is 9.59 Å². The first-order valence-electron chi connectivity index (χ1n) is 4.61. The number of carbonyl (C=O) groups excluding carboxylic acids is 2. The van der Waals surface area contributed by atoms with Crippen LogP contribution >= 0.6 is 0 Å². The van der Waals surface area contributed by atoms with Crippen LogP contribution in [-0.2, 0) is 9.59 Å². The Morgan fingerprint density at radius 2 is 1.85 bits per heavy atom. The summed E-state index contributed by atoms with van der Waals surface area (Å²) in [4.78, 5) is 23.3. The molecule has 3 nitrogen and oxygen atoms in total. The molecule has 0 spiro atoms. The molecule has 1 amide bonds. The first kappa shape index (κ1) is 9.96. The van der Waals surface area contributed by atoms with Crippen LogP contribution < -0.4 is 5.32 Å². The van der Waals surface area contributed by atoms with Crippen molar-refractivity contribution in [3.63, 3.8) is 0 Å². The molecule has 0 saturated carbocycles. The maximum Gasteiger partial charge on any atom is 0.238 e. The fraction of sp³-hybridized carbons (Fsp3) is 0.600. The largest absolute Gasteiger partial charge is 0.329 e. The molecule has 1 heterocycles. The Kier molecular flexibility index (Phi) is 2.55. The molecular formula is C10H15NO2. The third kappa shape index (κ3) is 1.39. The highest BCUT2D eigenvalue weighted by atomic mass is 16.2. The Morgan fingerprint density at radius 1 is 1.31 bits per heavy atom. The summed E-state index contributed by atoms with van der Waals surface area (Å²) in [5.74, 6) is -0.207. The average molecular weight is 181 g/mol. The van der Waals surface area contributed by atoms with Crippen LogP contribution in [0.25, 0.3) is 0 Å². The fourth-order valence-corrected chi connectivity index (χ4v) is 1.70. The maximum absolute atomic E-state index is 11.7. The summed E-state index contributed by atoms with van der Waals surface area (Å²) in [5.41, 5.74) is -0.160. The summed E-state index contributed by atoms with van der Waals surface area (Å²) >= 11 is 0. The zero-order valence-electron chi connectivity index (χ0n) is 8.31. The van der Waals surface area contributed by atoms with E-state index in [0.29, 0.717) is 18.5 Å². The van der Waals surface area contributed by atoms with Crippen LogP contribution in [0.2, 0.25) is 0 Å². The van der Waals surface area contributed by atoms with Crippen LogP contribution in [0.1, 0.15) is 33.6 Å². The summed E-state index contributed by atoms with van der Waals surface area (Å²) in [6.45, 7) is 5.47. The van der Waals surface area contributed by atoms with Crippen molar-refractivity contribution in [2.75, 3.05) is 0 Å². The van der Waals surface area contributed by atoms with Gasteiger partial charge in [0.25, 0.3) is 0 Å². The van der Waals surface area contributed by atoms with Crippen LogP contribution in [-0.4, -0.2) is 11.7 Å². The van der Waals surface area contributed by atoms with Crippen molar-refractivity contribution >= 4 is 11.7 Å². The minimum Gasteiger partial charge on any atom is -0.329 e. The molecule has 0 aromatic carbocycles. The molecule has 1 aliphatic rings. The van der Waals surface area contributed by atoms with E-state index >= 15 is 0 Å². The number of hydrogen-bond acceptors (Lipinski definition) is 2. The van der Waals surface area contributed by atoms with E-state index in [-0.39, 0.29) is 11.7 Å². The summed E-state index contributed by atoms with van der Waals surface area (Å²) in [5, 5.41) is 2.70. The van der Waals surface area contributed by atoms with Gasteiger partial charge in [0.2, 0.25) is 5.91 Å². The highest BCUT2D eigenvalue weighted by Gasteiger charge is 2.43. The van der Waals surface area contributed by atoms with Gasteiger partial charge < -0.3 is 5.32 Å². The van der Waals surface area contributed by atoms with Crippen molar-refractivity contribution in [2.45, 2.75) is 33.6 Å². The molecule has 0 fully saturated rings. The minimum absolute atomic E-state index is 0.0567. The monoisotopic (exact) mass is 181 g/mol. The van der Waals surface area contributed by atoms with Gasteiger partial charge >= 0.3 is 0 Å². The van der Waals surface area contributed by atoms with Gasteiger partial charge in [-0.25, -0.2) is 0 Å². The molecule has 0 aromatic rings. The second-order valence-corrected chi connectivity index (χ2v) is 3.43. The lowest BCUT2D eigenvalue weighted by molar-refractivity contribution is -0.140. The van der Waals surface area contributed by atoms with E-state index in [4.69, 9.17) is 0 Å². The van der Waals surface area contributed by atoms with E-state index in [1.54, 1.807) is 6.92 Å². The highest BCUT2D eigenvalue weighted by molar-refractivity contribution is 6.13. The predicted octanol–water partition coefficient (Wildman–Crippen LogP) is 1.40. The first-order chi connectivity index (χ1) is 6.06. The number of nitrogens with one attached hydrogen (secondary N) is 1. The first-order valence-corrected chi connectivity index (χ1v) is 4.61. The SMILES string of the molecule is CCC1(CC)C(=O)C=C(C)NC1=O. The van der Waals surface area contributed by atoms with Gasteiger partial charge in [0.05, 0.1) is 0 Å². The molecular weight excluding hydrogens is 166 g/mol. The molecule has 0 unspecified atom stereocenters. The molecule has 0 radical (unpaired) electrons. The van der Waals surface area contributed by atoms with E-state index in [9.17, 15) is 9.59 Å². The van der Waals surface area contributed by atoms with Crippen LogP contribution in [0.3, 0.4) is 0 Å². The van der Waals surface area contributed by atoms with Gasteiger partial charge in [-0.2, -0.15) is 0 Å². The van der Waals surface area contributed by atoms with Crippen molar-refractivity contribution < 1.29 is 9.59 Å². The molecule has 1 rings (SSSR count). The number of ketones is 1. The Morgan fingerprint density at radius 3 is 2.23 bits per heavy atom. The van der Waals surface area contributed by atoms with Gasteiger partial charge in [-0.05, 0) is 19.8 Å². The van der Waals surface area contributed by atoms with Gasteiger partial charge in [0.1, 0.15) is 5.41 Å². The zero-order valence-corrected chi connectivity index (χ0v) is 8.31. The lowest BCUT2D eigenvalue weighted by atomic mass is 9.75. The Balaban J connectivity index is 3.11. The molecule has 72 valence electrons. The standard InChI is InChI=1S/C10H15NO2/c1-4-10(5-2)8(12)6-7(3)11-9(10)13/h6H,4-5H2,1-3H3,(H,11,13). The molecule has 0 atom stereocenters. The summed E-state index contributed by atoms with van der Waals surface area (Å²) < 4.78 is 0. The van der Waals surface area contributed by atoms with Crippen LogP contribution in [0.5, 0.6) is 0 Å². The molecule has 0 aromatic heterocycles. The van der Waals surface area contributed by atoms with Crippen LogP contribution in [0.15, 0.2) is 11.8 Å². The van der Waals surface area contributed by atoms with E-state index in [1.807, 2.05) is 13.8 Å². The van der Waals surface area contributed by atoms with Gasteiger partial charge in [0, 0.05) is 11.8 Å². The third-order valence-corrected chi connectivity index (χ3v) is 2.77. The Labute approximate surface area is 78.2 Å². The molecule has 3 heteroatoms. The number of rotatable bonds is 2. The summed E-state index contributed by atoms with van der Waals surface area (Å²) in [6, 6.07) is 0. The molecule has 1 N–H and O–H groups in total. The number of amides is 1. The second-order valence-electron chi connectivity index (χ2n) is 3.43. The molecule has 1 aliphatic heterocycles. The van der Waals surface area contributed by atoms with Crippen molar-refractivity contribution in [1.82, 2.24) is 5.32 Å². The number of hydrogen-bond donors (Lipinski definition) is 1. The summed E-state index contributed by atoms with van der Waals surface area (Å²) in [7, 11) is 0. The molecule has 13 heavy (non-hydrogen) atoms. The normalized spacial score (nSPS) is 21.0. The lowest BCUT2D eigenvalue weighted by Gasteiger charge is -2.31. The molecule has 0 bridgehead atoms. The summed E-state index contributed by atoms with van der Waals surface area (Å²) in [6.07, 6.45) is 2.66. The molecule has 0 aliphatic carbocycles. The van der Waals surface area contributed by atoms with E-state index < -0.39 is 5.41 Å². The second kappa shape index (κ2) is 3.32. The lowest BCUT2D eigenvalue weighted by Crippen LogP contribution is -2.48. The third-order valence-electron chi connectivity index (χ3n) is 2.77. The van der Waals surface area contributed by atoms with Gasteiger partial charge in [-0.15, -0.1) is 0 Å². The van der Waals surface area contributed by atoms with E-state index in [1.165, 1.54) is 6.08 Å². The van der Waals surface area contributed by atoms with Crippen LogP contribution in [0.4, 0.5) is 0 Å². The van der Waals surface area contributed by atoms with Gasteiger partial charge in [-0.1, -0.05) is 13.8 Å². The van der Waals surface area contributed by atoms with Crippen LogP contribution in [0, 0.1) is 5.41 Å². The van der Waals surface area contributed by atoms with Crippen molar-refractivity contribution in [3.8, 4) is 0 Å². The highest BCUT2D eigenvalue weighted by Crippen LogP contribution is 2.31. The smallest absolute Gasteiger partial charge is 0.238 e. The number of carbonyl (C=O) groups is 2. The topological polar surface area (TPSA) is 46.2 Å². The Hall–Kier alpha value is -1.12.